The third kappa shape index (κ3) is 3.69. The first kappa shape index (κ1) is 18.0. The van der Waals surface area contributed by atoms with E-state index in [1.54, 1.807) is 0 Å². The van der Waals surface area contributed by atoms with Crippen LogP contribution in [-0.2, 0) is 25.5 Å². The number of anilines is 1. The Bertz CT molecular complexity index is 744. The summed E-state index contributed by atoms with van der Waals surface area (Å²) in [5, 5.41) is 2.84. The van der Waals surface area contributed by atoms with Gasteiger partial charge in [0.25, 0.3) is 0 Å². The molecule has 27 heavy (non-hydrogen) atoms. The second-order valence-corrected chi connectivity index (χ2v) is 7.39. The zero-order chi connectivity index (χ0) is 18.8. The van der Waals surface area contributed by atoms with Gasteiger partial charge >= 0.3 is 0 Å². The molecule has 2 saturated heterocycles. The number of nitrogens with zero attached hydrogens (tertiary/aromatic N) is 2. The lowest BCUT2D eigenvalue weighted by Crippen LogP contribution is -2.49. The van der Waals surface area contributed by atoms with Crippen LogP contribution in [-0.4, -0.2) is 61.0 Å². The van der Waals surface area contributed by atoms with Crippen molar-refractivity contribution in [2.45, 2.75) is 44.2 Å². The SMILES string of the molecule is O=C(CN1C(=O)CCc2ccccc21)NC1CCN(C2CCOCC2)C1=O. The summed E-state index contributed by atoms with van der Waals surface area (Å²) in [4.78, 5) is 41.0. The van der Waals surface area contributed by atoms with E-state index in [1.165, 1.54) is 4.90 Å². The van der Waals surface area contributed by atoms with E-state index in [9.17, 15) is 14.4 Å². The quantitative estimate of drug-likeness (QED) is 0.852. The number of nitrogens with one attached hydrogen (secondary N) is 1. The largest absolute Gasteiger partial charge is 0.381 e. The second-order valence-electron chi connectivity index (χ2n) is 7.39. The van der Waals surface area contributed by atoms with Gasteiger partial charge in [-0.2, -0.15) is 0 Å². The molecule has 3 aliphatic heterocycles. The van der Waals surface area contributed by atoms with E-state index in [0.717, 1.165) is 24.1 Å². The number of para-hydroxylation sites is 1. The number of hydrogen-bond donors (Lipinski definition) is 1. The second kappa shape index (κ2) is 7.68. The summed E-state index contributed by atoms with van der Waals surface area (Å²) < 4.78 is 5.36. The summed E-state index contributed by atoms with van der Waals surface area (Å²) in [6.45, 7) is 1.99. The molecule has 1 aromatic carbocycles. The molecule has 7 nitrogen and oxygen atoms in total. The summed E-state index contributed by atoms with van der Waals surface area (Å²) in [5.41, 5.74) is 1.87. The van der Waals surface area contributed by atoms with Gasteiger partial charge in [0.1, 0.15) is 12.6 Å². The van der Waals surface area contributed by atoms with Gasteiger partial charge in [-0.25, -0.2) is 0 Å². The molecule has 2 fully saturated rings. The van der Waals surface area contributed by atoms with Crippen molar-refractivity contribution in [2.75, 3.05) is 31.2 Å². The van der Waals surface area contributed by atoms with Gasteiger partial charge in [0.05, 0.1) is 0 Å². The van der Waals surface area contributed by atoms with Gasteiger partial charge in [-0.1, -0.05) is 18.2 Å². The van der Waals surface area contributed by atoms with Crippen LogP contribution in [0.1, 0.15) is 31.2 Å². The zero-order valence-corrected chi connectivity index (χ0v) is 15.4. The highest BCUT2D eigenvalue weighted by molar-refractivity contribution is 6.01. The molecule has 3 heterocycles. The standard InChI is InChI=1S/C20H25N3O4/c24-18(13-23-17-4-2-1-3-14(17)5-6-19(23)25)21-16-7-10-22(20(16)26)15-8-11-27-12-9-15/h1-4,15-16H,5-13H2,(H,21,24). The number of amides is 3. The molecule has 0 radical (unpaired) electrons. The van der Waals surface area contributed by atoms with Crippen LogP contribution in [0.4, 0.5) is 5.69 Å². The molecule has 1 atom stereocenters. The van der Waals surface area contributed by atoms with Crippen molar-refractivity contribution in [1.29, 1.82) is 0 Å². The molecule has 3 aliphatic rings. The Morgan fingerprint density at radius 1 is 1.11 bits per heavy atom. The number of carbonyl (C=O) groups is 3. The van der Waals surface area contributed by atoms with Crippen LogP contribution >= 0.6 is 0 Å². The fourth-order valence-corrected chi connectivity index (χ4v) is 4.25. The van der Waals surface area contributed by atoms with Crippen LogP contribution < -0.4 is 10.2 Å². The molecule has 3 amide bonds. The molecule has 1 unspecified atom stereocenters. The van der Waals surface area contributed by atoms with E-state index in [1.807, 2.05) is 29.2 Å². The number of benzene rings is 1. The summed E-state index contributed by atoms with van der Waals surface area (Å²) in [6.07, 6.45) is 3.43. The van der Waals surface area contributed by atoms with Crippen LogP contribution in [0.25, 0.3) is 0 Å². The van der Waals surface area contributed by atoms with Gasteiger partial charge in [0.15, 0.2) is 0 Å². The van der Waals surface area contributed by atoms with E-state index in [4.69, 9.17) is 4.74 Å². The molecule has 0 bridgehead atoms. The van der Waals surface area contributed by atoms with Crippen molar-refractivity contribution in [3.05, 3.63) is 29.8 Å². The van der Waals surface area contributed by atoms with Gasteiger partial charge in [-0.05, 0) is 37.3 Å². The van der Waals surface area contributed by atoms with Crippen molar-refractivity contribution in [2.24, 2.45) is 0 Å². The fourth-order valence-electron chi connectivity index (χ4n) is 4.25. The Morgan fingerprint density at radius 3 is 2.70 bits per heavy atom. The molecule has 0 saturated carbocycles. The normalized spacial score (nSPS) is 23.5. The maximum atomic E-state index is 12.7. The van der Waals surface area contributed by atoms with Crippen LogP contribution in [0.5, 0.6) is 0 Å². The lowest BCUT2D eigenvalue weighted by Gasteiger charge is -2.31. The average molecular weight is 371 g/mol. The van der Waals surface area contributed by atoms with Gasteiger partial charge in [0, 0.05) is 37.9 Å². The van der Waals surface area contributed by atoms with E-state index >= 15 is 0 Å². The van der Waals surface area contributed by atoms with Crippen molar-refractivity contribution >= 4 is 23.4 Å². The number of rotatable bonds is 4. The highest BCUT2D eigenvalue weighted by Crippen LogP contribution is 2.27. The smallest absolute Gasteiger partial charge is 0.245 e. The summed E-state index contributed by atoms with van der Waals surface area (Å²) in [7, 11) is 0. The topological polar surface area (TPSA) is 79.0 Å². The number of ether oxygens (including phenoxy) is 1. The molecule has 1 N–H and O–H groups in total. The highest BCUT2D eigenvalue weighted by atomic mass is 16.5. The molecule has 4 rings (SSSR count). The first-order valence-corrected chi connectivity index (χ1v) is 9.69. The third-order valence-corrected chi connectivity index (χ3v) is 5.70. The van der Waals surface area contributed by atoms with Crippen LogP contribution in [0, 0.1) is 0 Å². The minimum absolute atomic E-state index is 0.0133. The lowest BCUT2D eigenvalue weighted by molar-refractivity contribution is -0.135. The third-order valence-electron chi connectivity index (χ3n) is 5.70. The Hall–Kier alpha value is -2.41. The Morgan fingerprint density at radius 2 is 1.89 bits per heavy atom. The minimum atomic E-state index is -0.490. The van der Waals surface area contributed by atoms with Crippen LogP contribution in [0.15, 0.2) is 24.3 Å². The van der Waals surface area contributed by atoms with Crippen LogP contribution in [0.2, 0.25) is 0 Å². The molecule has 0 spiro atoms. The Labute approximate surface area is 158 Å². The maximum Gasteiger partial charge on any atom is 0.245 e. The number of aryl methyl sites for hydroxylation is 1. The van der Waals surface area contributed by atoms with Crippen molar-refractivity contribution < 1.29 is 19.1 Å². The predicted molar refractivity (Wildman–Crippen MR) is 99.2 cm³/mol. The Kier molecular flexibility index (Phi) is 5.11. The molecule has 7 heteroatoms. The summed E-state index contributed by atoms with van der Waals surface area (Å²) in [6, 6.07) is 7.38. The van der Waals surface area contributed by atoms with Crippen molar-refractivity contribution in [3.63, 3.8) is 0 Å². The monoisotopic (exact) mass is 371 g/mol. The highest BCUT2D eigenvalue weighted by Gasteiger charge is 2.37. The number of likely N-dealkylation sites (tertiary alicyclic amines) is 1. The minimum Gasteiger partial charge on any atom is -0.381 e. The number of hydrogen-bond acceptors (Lipinski definition) is 4. The molecular weight excluding hydrogens is 346 g/mol. The van der Waals surface area contributed by atoms with E-state index < -0.39 is 6.04 Å². The van der Waals surface area contributed by atoms with Crippen molar-refractivity contribution in [3.8, 4) is 0 Å². The van der Waals surface area contributed by atoms with Crippen LogP contribution in [0.3, 0.4) is 0 Å². The first-order chi connectivity index (χ1) is 13.1. The summed E-state index contributed by atoms with van der Waals surface area (Å²) >= 11 is 0. The van der Waals surface area contributed by atoms with Gasteiger partial charge in [0.2, 0.25) is 17.7 Å². The van der Waals surface area contributed by atoms with E-state index in [-0.39, 0.29) is 30.3 Å². The molecule has 1 aromatic rings. The maximum absolute atomic E-state index is 12.7. The van der Waals surface area contributed by atoms with E-state index in [0.29, 0.717) is 39.0 Å². The Balaban J connectivity index is 1.37. The van der Waals surface area contributed by atoms with Gasteiger partial charge in [-0.3, -0.25) is 14.4 Å². The average Bonchev–Trinajstić information content (AvgIpc) is 3.05. The summed E-state index contributed by atoms with van der Waals surface area (Å²) in [5.74, 6) is -0.349. The van der Waals surface area contributed by atoms with Gasteiger partial charge < -0.3 is 19.9 Å². The number of fused-ring (bicyclic) bond motifs is 1. The lowest BCUT2D eigenvalue weighted by atomic mass is 10.0. The molecule has 0 aromatic heterocycles. The zero-order valence-electron chi connectivity index (χ0n) is 15.4. The first-order valence-electron chi connectivity index (χ1n) is 9.69. The van der Waals surface area contributed by atoms with E-state index in [2.05, 4.69) is 5.32 Å². The molecule has 144 valence electrons. The predicted octanol–water partition coefficient (Wildman–Crippen LogP) is 0.862. The molecular formula is C20H25N3O4. The molecule has 0 aliphatic carbocycles. The fraction of sp³-hybridized carbons (Fsp3) is 0.550. The van der Waals surface area contributed by atoms with Gasteiger partial charge in [-0.15, -0.1) is 0 Å². The van der Waals surface area contributed by atoms with Crippen molar-refractivity contribution in [1.82, 2.24) is 10.2 Å². The number of carbonyl (C=O) groups excluding carboxylic acids is 3.